The van der Waals surface area contributed by atoms with E-state index in [0.717, 1.165) is 93.8 Å². The highest BCUT2D eigenvalue weighted by molar-refractivity contribution is 9.10. The van der Waals surface area contributed by atoms with Gasteiger partial charge in [0.25, 0.3) is 0 Å². The standard InChI is InChI=1S/C36H49BrClN5O2/c1-24(44)40-13-9-25(10-14-40)19-33(45)43-18-17-42(23-32(43)36(2,3)4)30-11-15-41(16-12-30)35-31-8-7-29(38)21-26(31)5-6-27-20-28(37)22-39-34(27)35/h7-8,20-22,25,30,32,35H,5-6,9-19,23H2,1-4H3/t32-,35?/m0/s1. The maximum absolute atomic E-state index is 13.7. The summed E-state index contributed by atoms with van der Waals surface area (Å²) >= 11 is 10.1. The molecule has 2 aromatic rings. The van der Waals surface area contributed by atoms with Gasteiger partial charge in [-0.05, 0) is 101 Å². The van der Waals surface area contributed by atoms with Crippen molar-refractivity contribution in [2.75, 3.05) is 45.8 Å². The van der Waals surface area contributed by atoms with Crippen LogP contribution in [0.2, 0.25) is 5.02 Å². The third kappa shape index (κ3) is 7.29. The summed E-state index contributed by atoms with van der Waals surface area (Å²) in [6, 6.07) is 9.52. The smallest absolute Gasteiger partial charge is 0.223 e. The topological polar surface area (TPSA) is 60.0 Å². The van der Waals surface area contributed by atoms with Crippen molar-refractivity contribution in [1.82, 2.24) is 24.6 Å². The number of nitrogens with zero attached hydrogens (tertiary/aromatic N) is 5. The SMILES string of the molecule is CC(=O)N1CCC(CC(=O)N2CCN(C3CCN(C4c5ccc(Cl)cc5CCc5cc(Br)cnc54)CC3)C[C@H]2C(C)(C)C)CC1. The van der Waals surface area contributed by atoms with E-state index >= 15 is 0 Å². The Balaban J connectivity index is 1.12. The Morgan fingerprint density at radius 1 is 0.933 bits per heavy atom. The van der Waals surface area contributed by atoms with Crippen molar-refractivity contribution in [1.29, 1.82) is 0 Å². The maximum atomic E-state index is 13.7. The van der Waals surface area contributed by atoms with E-state index in [9.17, 15) is 9.59 Å². The number of amides is 2. The van der Waals surface area contributed by atoms with Crippen LogP contribution in [0.3, 0.4) is 0 Å². The summed E-state index contributed by atoms with van der Waals surface area (Å²) < 4.78 is 1.03. The zero-order valence-electron chi connectivity index (χ0n) is 27.4. The number of likely N-dealkylation sites (tertiary alicyclic amines) is 2. The van der Waals surface area contributed by atoms with Gasteiger partial charge < -0.3 is 9.80 Å². The second kappa shape index (κ2) is 13.6. The maximum Gasteiger partial charge on any atom is 0.223 e. The molecule has 4 aliphatic rings. The van der Waals surface area contributed by atoms with E-state index in [1.165, 1.54) is 22.4 Å². The quantitative estimate of drug-likeness (QED) is 0.372. The van der Waals surface area contributed by atoms with Gasteiger partial charge in [-0.25, -0.2) is 0 Å². The summed E-state index contributed by atoms with van der Waals surface area (Å²) in [6.07, 6.45) is 8.59. The number of fused-ring (bicyclic) bond motifs is 2. The van der Waals surface area contributed by atoms with Crippen LogP contribution >= 0.6 is 27.5 Å². The Kier molecular flexibility index (Phi) is 9.96. The number of carbonyl (C=O) groups excluding carboxylic acids is 2. The van der Waals surface area contributed by atoms with Crippen molar-refractivity contribution in [3.8, 4) is 0 Å². The van der Waals surface area contributed by atoms with Crippen LogP contribution in [0.4, 0.5) is 0 Å². The number of carbonyl (C=O) groups is 2. The molecule has 0 N–H and O–H groups in total. The zero-order chi connectivity index (χ0) is 31.9. The first-order chi connectivity index (χ1) is 21.5. The van der Waals surface area contributed by atoms with E-state index in [1.807, 2.05) is 17.2 Å². The third-order valence-corrected chi connectivity index (χ3v) is 11.6. The van der Waals surface area contributed by atoms with Crippen molar-refractivity contribution in [3.63, 3.8) is 0 Å². The van der Waals surface area contributed by atoms with Gasteiger partial charge in [-0.2, -0.15) is 0 Å². The number of benzene rings is 1. The fourth-order valence-electron chi connectivity index (χ4n) is 8.28. The van der Waals surface area contributed by atoms with Gasteiger partial charge in [-0.15, -0.1) is 0 Å². The molecule has 0 radical (unpaired) electrons. The molecule has 2 atom stereocenters. The lowest BCUT2D eigenvalue weighted by Crippen LogP contribution is -2.62. The Bertz CT molecular complexity index is 1340. The number of pyridine rings is 1. The van der Waals surface area contributed by atoms with Crippen LogP contribution in [0.1, 0.15) is 88.2 Å². The van der Waals surface area contributed by atoms with Crippen LogP contribution in [0, 0.1) is 11.3 Å². The first-order valence-corrected chi connectivity index (χ1v) is 18.1. The lowest BCUT2D eigenvalue weighted by atomic mass is 9.82. The van der Waals surface area contributed by atoms with Crippen LogP contribution < -0.4 is 0 Å². The van der Waals surface area contributed by atoms with Crippen molar-refractivity contribution < 1.29 is 9.59 Å². The molecule has 0 saturated carbocycles. The highest BCUT2D eigenvalue weighted by Crippen LogP contribution is 2.40. The van der Waals surface area contributed by atoms with Gasteiger partial charge >= 0.3 is 0 Å². The molecule has 45 heavy (non-hydrogen) atoms. The van der Waals surface area contributed by atoms with Crippen LogP contribution in [-0.4, -0.2) is 94.3 Å². The van der Waals surface area contributed by atoms with E-state index in [1.54, 1.807) is 6.92 Å². The molecule has 3 fully saturated rings. The average Bonchev–Trinajstić information content (AvgIpc) is 3.17. The second-order valence-electron chi connectivity index (χ2n) is 14.8. The van der Waals surface area contributed by atoms with Gasteiger partial charge in [0.2, 0.25) is 11.8 Å². The fraction of sp³-hybridized carbons (Fsp3) is 0.639. The average molecular weight is 699 g/mol. The highest BCUT2D eigenvalue weighted by Gasteiger charge is 2.41. The summed E-state index contributed by atoms with van der Waals surface area (Å²) in [5.41, 5.74) is 5.19. The number of hydrogen-bond acceptors (Lipinski definition) is 5. The lowest BCUT2D eigenvalue weighted by molar-refractivity contribution is -0.142. The Hall–Kier alpha value is -2.00. The van der Waals surface area contributed by atoms with E-state index in [2.05, 4.69) is 69.6 Å². The monoisotopic (exact) mass is 697 g/mol. The Morgan fingerprint density at radius 3 is 2.33 bits per heavy atom. The van der Waals surface area contributed by atoms with Crippen molar-refractivity contribution in [2.24, 2.45) is 11.3 Å². The van der Waals surface area contributed by atoms with E-state index in [0.29, 0.717) is 24.3 Å². The molecule has 1 aromatic carbocycles. The largest absolute Gasteiger partial charge is 0.343 e. The van der Waals surface area contributed by atoms with Gasteiger partial charge in [0, 0.05) is 86.9 Å². The fourth-order valence-corrected chi connectivity index (χ4v) is 8.86. The number of piperazine rings is 1. The second-order valence-corrected chi connectivity index (χ2v) is 16.2. The Morgan fingerprint density at radius 2 is 1.64 bits per heavy atom. The molecule has 7 nitrogen and oxygen atoms in total. The molecular formula is C36H49BrClN5O2. The van der Waals surface area contributed by atoms with Crippen molar-refractivity contribution >= 4 is 39.3 Å². The molecule has 1 aromatic heterocycles. The van der Waals surface area contributed by atoms with E-state index < -0.39 is 0 Å². The normalized spacial score (nSPS) is 24.2. The predicted octanol–water partition coefficient (Wildman–Crippen LogP) is 6.36. The van der Waals surface area contributed by atoms with Crippen LogP contribution in [-0.2, 0) is 22.4 Å². The molecule has 6 rings (SSSR count). The summed E-state index contributed by atoms with van der Waals surface area (Å²) in [4.78, 5) is 39.9. The molecule has 9 heteroatoms. The number of aromatic nitrogens is 1. The summed E-state index contributed by atoms with van der Waals surface area (Å²) in [5.74, 6) is 0.825. The molecule has 0 spiro atoms. The first kappa shape index (κ1) is 32.9. The van der Waals surface area contributed by atoms with Gasteiger partial charge in [0.15, 0.2) is 0 Å². The summed E-state index contributed by atoms with van der Waals surface area (Å²) in [7, 11) is 0. The van der Waals surface area contributed by atoms with Crippen molar-refractivity contribution in [3.05, 3.63) is 62.3 Å². The summed E-state index contributed by atoms with van der Waals surface area (Å²) in [6.45, 7) is 14.8. The highest BCUT2D eigenvalue weighted by atomic mass is 79.9. The minimum atomic E-state index is 0.00200. The van der Waals surface area contributed by atoms with Crippen LogP contribution in [0.5, 0.6) is 0 Å². The zero-order valence-corrected chi connectivity index (χ0v) is 29.7. The lowest BCUT2D eigenvalue weighted by Gasteiger charge is -2.51. The summed E-state index contributed by atoms with van der Waals surface area (Å²) in [5, 5.41) is 0.802. The number of aryl methyl sites for hydroxylation is 2. The molecular weight excluding hydrogens is 650 g/mol. The molecule has 244 valence electrons. The predicted molar refractivity (Wildman–Crippen MR) is 183 cm³/mol. The van der Waals surface area contributed by atoms with Gasteiger partial charge in [-0.1, -0.05) is 38.4 Å². The van der Waals surface area contributed by atoms with Gasteiger partial charge in [0.05, 0.1) is 11.7 Å². The number of rotatable bonds is 4. The molecule has 0 bridgehead atoms. The minimum absolute atomic E-state index is 0.00200. The third-order valence-electron chi connectivity index (χ3n) is 10.9. The molecule has 1 unspecified atom stereocenters. The van der Waals surface area contributed by atoms with E-state index in [-0.39, 0.29) is 23.4 Å². The van der Waals surface area contributed by atoms with Crippen LogP contribution in [0.25, 0.3) is 0 Å². The van der Waals surface area contributed by atoms with Crippen molar-refractivity contribution in [2.45, 2.75) is 90.8 Å². The molecule has 1 aliphatic carbocycles. The molecule has 2 amide bonds. The molecule has 3 saturated heterocycles. The first-order valence-electron chi connectivity index (χ1n) is 16.9. The molecule has 4 heterocycles. The number of hydrogen-bond donors (Lipinski definition) is 0. The Labute approximate surface area is 282 Å². The number of halogens is 2. The number of piperidine rings is 2. The van der Waals surface area contributed by atoms with Gasteiger partial charge in [0.1, 0.15) is 0 Å². The minimum Gasteiger partial charge on any atom is -0.343 e. The van der Waals surface area contributed by atoms with Gasteiger partial charge in [-0.3, -0.25) is 24.4 Å². The molecule has 3 aliphatic heterocycles. The van der Waals surface area contributed by atoms with E-state index in [4.69, 9.17) is 16.6 Å². The van der Waals surface area contributed by atoms with Crippen LogP contribution in [0.15, 0.2) is 34.9 Å².